The Kier molecular flexibility index (Phi) is 4.89. The lowest BCUT2D eigenvalue weighted by Crippen LogP contribution is -2.37. The topological polar surface area (TPSA) is 53.4 Å². The van der Waals surface area contributed by atoms with Crippen molar-refractivity contribution in [3.8, 4) is 0 Å². The molecule has 0 aliphatic heterocycles. The quantitative estimate of drug-likeness (QED) is 0.788. The first-order valence-corrected chi connectivity index (χ1v) is 4.85. The summed E-state index contributed by atoms with van der Waals surface area (Å²) in [6.45, 7) is -1.61. The fourth-order valence-corrected chi connectivity index (χ4v) is 1.28. The molecule has 1 amide bonds. The first-order chi connectivity index (χ1) is 8.06. The minimum absolute atomic E-state index is 0.280. The second-order valence-corrected chi connectivity index (χ2v) is 3.21. The second kappa shape index (κ2) is 6.19. The number of alkyl halides is 2. The van der Waals surface area contributed by atoms with Crippen molar-refractivity contribution >= 4 is 5.91 Å². The average Bonchev–Trinajstić information content (AvgIpc) is 2.28. The number of carbonyl (C=O) groups excluding carboxylic acids is 1. The number of nitrogens with zero attached hydrogens (tertiary/aromatic N) is 2. The number of aliphatic hydroxyl groups is 1. The normalized spacial score (nSPS) is 10.6. The third-order valence-corrected chi connectivity index (χ3v) is 2.01. The molecule has 0 aliphatic rings. The maximum atomic E-state index is 13.2. The molecule has 0 atom stereocenters. The molecule has 1 aromatic heterocycles. The molecule has 0 saturated carbocycles. The van der Waals surface area contributed by atoms with E-state index in [0.29, 0.717) is 4.90 Å². The minimum atomic E-state index is -2.75. The van der Waals surface area contributed by atoms with E-state index in [1.54, 1.807) is 0 Å². The van der Waals surface area contributed by atoms with Crippen molar-refractivity contribution in [3.63, 3.8) is 0 Å². The summed E-state index contributed by atoms with van der Waals surface area (Å²) in [5, 5.41) is 8.67. The number of carbonyl (C=O) groups is 1. The van der Waals surface area contributed by atoms with Crippen LogP contribution < -0.4 is 0 Å². The molecule has 1 rings (SSSR count). The summed E-state index contributed by atoms with van der Waals surface area (Å²) in [4.78, 5) is 15.6. The standard InChI is InChI=1S/C10H11F3N2O2/c11-8(12)6-15(4-5-16)10(17)7-2-1-3-14-9(7)13/h1-3,8,16H,4-6H2. The lowest BCUT2D eigenvalue weighted by Gasteiger charge is -2.21. The fourth-order valence-electron chi connectivity index (χ4n) is 1.28. The maximum Gasteiger partial charge on any atom is 0.258 e. The smallest absolute Gasteiger partial charge is 0.258 e. The molecule has 0 spiro atoms. The third-order valence-electron chi connectivity index (χ3n) is 2.01. The lowest BCUT2D eigenvalue weighted by atomic mass is 10.2. The summed E-state index contributed by atoms with van der Waals surface area (Å²) in [5.41, 5.74) is -0.387. The van der Waals surface area contributed by atoms with Gasteiger partial charge in [-0.05, 0) is 12.1 Å². The van der Waals surface area contributed by atoms with Crippen LogP contribution in [0.5, 0.6) is 0 Å². The highest BCUT2D eigenvalue weighted by molar-refractivity contribution is 5.94. The maximum absolute atomic E-state index is 13.2. The Morgan fingerprint density at radius 2 is 2.24 bits per heavy atom. The van der Waals surface area contributed by atoms with Crippen LogP contribution in [0.25, 0.3) is 0 Å². The van der Waals surface area contributed by atoms with Gasteiger partial charge in [-0.2, -0.15) is 4.39 Å². The number of aromatic nitrogens is 1. The molecule has 0 unspecified atom stereocenters. The second-order valence-electron chi connectivity index (χ2n) is 3.21. The molecule has 0 saturated heterocycles. The first kappa shape index (κ1) is 13.4. The van der Waals surface area contributed by atoms with Gasteiger partial charge in [-0.25, -0.2) is 13.8 Å². The van der Waals surface area contributed by atoms with Crippen molar-refractivity contribution in [2.75, 3.05) is 19.7 Å². The number of pyridine rings is 1. The highest BCUT2D eigenvalue weighted by Gasteiger charge is 2.22. The largest absolute Gasteiger partial charge is 0.395 e. The van der Waals surface area contributed by atoms with Gasteiger partial charge in [-0.1, -0.05) is 0 Å². The number of amides is 1. The molecule has 0 aromatic carbocycles. The van der Waals surface area contributed by atoms with Gasteiger partial charge < -0.3 is 10.0 Å². The van der Waals surface area contributed by atoms with Crippen molar-refractivity contribution in [1.82, 2.24) is 9.88 Å². The average molecular weight is 248 g/mol. The Bertz CT molecular complexity index is 388. The van der Waals surface area contributed by atoms with E-state index >= 15 is 0 Å². The van der Waals surface area contributed by atoms with Crippen LogP contribution in [0.15, 0.2) is 18.3 Å². The van der Waals surface area contributed by atoms with Crippen LogP contribution in [0.4, 0.5) is 13.2 Å². The number of hydrogen-bond donors (Lipinski definition) is 1. The summed E-state index contributed by atoms with van der Waals surface area (Å²) in [7, 11) is 0. The molecule has 7 heteroatoms. The van der Waals surface area contributed by atoms with Crippen molar-refractivity contribution in [3.05, 3.63) is 29.8 Å². The molecular weight excluding hydrogens is 237 g/mol. The van der Waals surface area contributed by atoms with Crippen molar-refractivity contribution in [2.45, 2.75) is 6.43 Å². The van der Waals surface area contributed by atoms with Crippen LogP contribution >= 0.6 is 0 Å². The molecule has 1 N–H and O–H groups in total. The molecule has 0 bridgehead atoms. The van der Waals surface area contributed by atoms with Crippen LogP contribution in [0.2, 0.25) is 0 Å². The zero-order valence-electron chi connectivity index (χ0n) is 8.81. The molecule has 0 radical (unpaired) electrons. The van der Waals surface area contributed by atoms with Gasteiger partial charge in [0.1, 0.15) is 0 Å². The van der Waals surface area contributed by atoms with E-state index in [1.807, 2.05) is 0 Å². The number of aliphatic hydroxyl groups excluding tert-OH is 1. The van der Waals surface area contributed by atoms with Crippen LogP contribution in [-0.2, 0) is 0 Å². The van der Waals surface area contributed by atoms with Crippen LogP contribution in [0.3, 0.4) is 0 Å². The monoisotopic (exact) mass is 248 g/mol. The Morgan fingerprint density at radius 1 is 1.53 bits per heavy atom. The summed E-state index contributed by atoms with van der Waals surface area (Å²) in [6.07, 6.45) is -1.60. The molecule has 0 aliphatic carbocycles. The van der Waals surface area contributed by atoms with Gasteiger partial charge in [0, 0.05) is 12.7 Å². The van der Waals surface area contributed by atoms with E-state index in [4.69, 9.17) is 5.11 Å². The van der Waals surface area contributed by atoms with E-state index in [-0.39, 0.29) is 12.1 Å². The van der Waals surface area contributed by atoms with Crippen molar-refractivity contribution < 1.29 is 23.1 Å². The predicted molar refractivity (Wildman–Crippen MR) is 53.2 cm³/mol. The fraction of sp³-hybridized carbons (Fsp3) is 0.400. The molecule has 94 valence electrons. The van der Waals surface area contributed by atoms with Gasteiger partial charge in [0.15, 0.2) is 0 Å². The Labute approximate surface area is 95.7 Å². The van der Waals surface area contributed by atoms with Crippen molar-refractivity contribution in [2.24, 2.45) is 0 Å². The summed E-state index contributed by atoms with van der Waals surface area (Å²) in [5.74, 6) is -1.93. The SMILES string of the molecule is O=C(c1cccnc1F)N(CCO)CC(F)F. The van der Waals surface area contributed by atoms with Crippen LogP contribution in [-0.4, -0.2) is 47.0 Å². The minimum Gasteiger partial charge on any atom is -0.395 e. The Balaban J connectivity index is 2.88. The molecular formula is C10H11F3N2O2. The van der Waals surface area contributed by atoms with E-state index in [1.165, 1.54) is 6.07 Å². The van der Waals surface area contributed by atoms with Crippen LogP contribution in [0.1, 0.15) is 10.4 Å². The highest BCUT2D eigenvalue weighted by Crippen LogP contribution is 2.09. The number of rotatable bonds is 5. The zero-order chi connectivity index (χ0) is 12.8. The van der Waals surface area contributed by atoms with Gasteiger partial charge in [-0.15, -0.1) is 0 Å². The summed E-state index contributed by atoms with van der Waals surface area (Å²) in [6, 6.07) is 2.48. The molecule has 0 fully saturated rings. The van der Waals surface area contributed by atoms with Crippen LogP contribution in [0, 0.1) is 5.95 Å². The molecule has 17 heavy (non-hydrogen) atoms. The Morgan fingerprint density at radius 3 is 2.76 bits per heavy atom. The van der Waals surface area contributed by atoms with Gasteiger partial charge in [-0.3, -0.25) is 4.79 Å². The van der Waals surface area contributed by atoms with E-state index in [9.17, 15) is 18.0 Å². The number of hydrogen-bond acceptors (Lipinski definition) is 3. The van der Waals surface area contributed by atoms with Gasteiger partial charge in [0.25, 0.3) is 12.3 Å². The zero-order valence-corrected chi connectivity index (χ0v) is 8.81. The molecule has 1 aromatic rings. The lowest BCUT2D eigenvalue weighted by molar-refractivity contribution is 0.0504. The molecule has 4 nitrogen and oxygen atoms in total. The molecule has 1 heterocycles. The third kappa shape index (κ3) is 3.70. The van der Waals surface area contributed by atoms with E-state index < -0.39 is 31.4 Å². The van der Waals surface area contributed by atoms with Gasteiger partial charge in [0.2, 0.25) is 5.95 Å². The summed E-state index contributed by atoms with van der Waals surface area (Å²) < 4.78 is 37.6. The summed E-state index contributed by atoms with van der Waals surface area (Å²) >= 11 is 0. The highest BCUT2D eigenvalue weighted by atomic mass is 19.3. The van der Waals surface area contributed by atoms with E-state index in [2.05, 4.69) is 4.98 Å². The Hall–Kier alpha value is -1.63. The van der Waals surface area contributed by atoms with Crippen molar-refractivity contribution in [1.29, 1.82) is 0 Å². The predicted octanol–water partition coefficient (Wildman–Crippen LogP) is 0.920. The van der Waals surface area contributed by atoms with Gasteiger partial charge >= 0.3 is 0 Å². The van der Waals surface area contributed by atoms with Gasteiger partial charge in [0.05, 0.1) is 18.7 Å². The first-order valence-electron chi connectivity index (χ1n) is 4.85. The van der Waals surface area contributed by atoms with E-state index in [0.717, 1.165) is 12.3 Å². The number of halogens is 3.